The van der Waals surface area contributed by atoms with Crippen molar-refractivity contribution in [2.45, 2.75) is 186 Å². The van der Waals surface area contributed by atoms with Crippen molar-refractivity contribution < 1.29 is 29.6 Å². The average Bonchev–Trinajstić information content (AvgIpc) is 3.48. The van der Waals surface area contributed by atoms with E-state index in [1.54, 1.807) is 12.7 Å². The van der Waals surface area contributed by atoms with E-state index in [1.807, 2.05) is 0 Å². The van der Waals surface area contributed by atoms with E-state index < -0.39 is 39.5 Å². The molecule has 3 aromatic rings. The van der Waals surface area contributed by atoms with Crippen LogP contribution >= 0.6 is 0 Å². The van der Waals surface area contributed by atoms with Gasteiger partial charge in [-0.15, -0.1) is 5.92 Å². The summed E-state index contributed by atoms with van der Waals surface area (Å²) in [7, 11) is 1.76. The number of carboxylic acid groups (broad SMARTS) is 1. The summed E-state index contributed by atoms with van der Waals surface area (Å²) in [5.74, 6) is 7.33. The zero-order valence-electron chi connectivity index (χ0n) is 42.0. The molecule has 1 aliphatic heterocycles. The second kappa shape index (κ2) is 14.5. The van der Waals surface area contributed by atoms with Crippen molar-refractivity contribution in [2.75, 3.05) is 13.7 Å². The van der Waals surface area contributed by atoms with Gasteiger partial charge in [0.2, 0.25) is 0 Å². The van der Waals surface area contributed by atoms with Crippen molar-refractivity contribution in [1.29, 1.82) is 0 Å². The van der Waals surface area contributed by atoms with Crippen LogP contribution in [-0.2, 0) is 38.9 Å². The lowest BCUT2D eigenvalue weighted by Gasteiger charge is -2.88. The molecular formula is C62H78O6. The third kappa shape index (κ3) is 4.96. The number of methoxy groups -OCH3 is 1. The van der Waals surface area contributed by atoms with Crippen LogP contribution in [0.5, 0.6) is 0 Å². The number of ether oxygens (including phenoxy) is 2. The highest BCUT2D eigenvalue weighted by atomic mass is 16.6. The van der Waals surface area contributed by atoms with Crippen molar-refractivity contribution in [3.8, 4) is 11.8 Å². The van der Waals surface area contributed by atoms with Crippen LogP contribution in [-0.4, -0.2) is 53.0 Å². The molecule has 1 heterocycles. The molecule has 6 heteroatoms. The maximum atomic E-state index is 14.3. The predicted molar refractivity (Wildman–Crippen MR) is 266 cm³/mol. The number of rotatable bonds is 10. The normalized spacial score (nSPS) is 48.3. The minimum atomic E-state index is -1.39. The molecule has 17 atom stereocenters. The Kier molecular flexibility index (Phi) is 9.52. The molecule has 6 saturated carbocycles. The van der Waals surface area contributed by atoms with Gasteiger partial charge in [-0.25, -0.2) is 0 Å². The number of aliphatic carboxylic acids is 1. The molecule has 0 aromatic heterocycles. The standard InChI is InChI=1S/C62H78O6/c1-7-11-38-13-10-24-59-30-31-60-46(12-8-2)62(66,68-47(60)33-40-18-16-39(17-19-40)23-32-67-6)36-45(63)51(60)58(59)34-42-21-20-41-14-9-15-43-44-35-57(37-58,49(42)48(41)43)61(25-22-38)52-50(44)55(4,53(64)65)28-26-54(52,3)27-29-56(59,61)5/h9,14-21,38,44-47,50-52,63,66H,7-8,11-13,22-23,25-37H2,1-6H3,(H,64,65)/t38-,44-,45-,46+,47-,50-,51-,52+,54+,55+,56+,57-,58-,59+,60+,61-,62-/m0/s1. The zero-order chi connectivity index (χ0) is 47.1. The summed E-state index contributed by atoms with van der Waals surface area (Å²) in [5, 5.41) is 41.2. The number of fused-ring (bicyclic) bond motifs is 4. The van der Waals surface area contributed by atoms with Crippen molar-refractivity contribution in [3.63, 3.8) is 0 Å². The SMILES string of the molecule is CCC[C@H]1CC#C[C@]23CC[C@@]45[C@H](Cc6ccc(CCOC)cc6)O[C@@](O)(C[C@H](O)[C@H]4[C@@]24Cc2ccc6cccc7c6c2[C@]2(C[C@@H]7[C@H]6[C@@H]7[C@@](C)(CC[C@@]3(C)[C@]72CC1)CC[C@@]6(C)C(=O)O)C4)[C@@H]5CCC. The van der Waals surface area contributed by atoms with Crippen LogP contribution in [0.2, 0.25) is 0 Å². The molecule has 9 aliphatic carbocycles. The Hall–Kier alpha value is -3.21. The van der Waals surface area contributed by atoms with Crippen LogP contribution in [0, 0.1) is 79.3 Å². The molecule has 13 rings (SSSR count). The Labute approximate surface area is 406 Å². The molecule has 6 nitrogen and oxygen atoms in total. The molecule has 0 amide bonds. The van der Waals surface area contributed by atoms with E-state index in [-0.39, 0.29) is 63.8 Å². The molecule has 10 aliphatic rings. The van der Waals surface area contributed by atoms with E-state index in [9.17, 15) is 20.1 Å². The van der Waals surface area contributed by atoms with E-state index in [4.69, 9.17) is 9.47 Å². The van der Waals surface area contributed by atoms with Gasteiger partial charge in [-0.2, -0.15) is 0 Å². The molecule has 3 N–H and O–H groups in total. The molecule has 5 spiro atoms. The summed E-state index contributed by atoms with van der Waals surface area (Å²) in [5.41, 5.74) is 4.23. The van der Waals surface area contributed by atoms with Crippen LogP contribution in [0.4, 0.5) is 0 Å². The highest BCUT2D eigenvalue weighted by molar-refractivity contribution is 5.94. The van der Waals surface area contributed by atoms with Gasteiger partial charge >= 0.3 is 5.97 Å². The summed E-state index contributed by atoms with van der Waals surface area (Å²) in [6, 6.07) is 21.0. The Morgan fingerprint density at radius 3 is 2.43 bits per heavy atom. The second-order valence-corrected chi connectivity index (χ2v) is 26.2. The van der Waals surface area contributed by atoms with E-state index in [0.717, 1.165) is 103 Å². The Morgan fingerprint density at radius 2 is 1.66 bits per heavy atom. The minimum Gasteiger partial charge on any atom is -0.481 e. The number of hydrogen-bond donors (Lipinski definition) is 3. The van der Waals surface area contributed by atoms with Gasteiger partial charge in [0.05, 0.1) is 24.2 Å². The topological polar surface area (TPSA) is 96.2 Å². The summed E-state index contributed by atoms with van der Waals surface area (Å²) in [6.07, 6.45) is 16.7. The maximum Gasteiger partial charge on any atom is 0.309 e. The molecule has 0 unspecified atom stereocenters. The maximum absolute atomic E-state index is 14.3. The molecule has 3 aromatic carbocycles. The van der Waals surface area contributed by atoms with Crippen molar-refractivity contribution in [3.05, 3.63) is 82.4 Å². The van der Waals surface area contributed by atoms with Gasteiger partial charge in [0.1, 0.15) is 0 Å². The summed E-state index contributed by atoms with van der Waals surface area (Å²) in [4.78, 5) is 14.3. The first-order valence-electron chi connectivity index (χ1n) is 27.5. The highest BCUT2D eigenvalue weighted by Gasteiger charge is 2.90. The van der Waals surface area contributed by atoms with Crippen LogP contribution in [0.15, 0.2) is 54.6 Å². The summed E-state index contributed by atoms with van der Waals surface area (Å²) < 4.78 is 12.8. The Morgan fingerprint density at radius 1 is 0.882 bits per heavy atom. The van der Waals surface area contributed by atoms with Gasteiger partial charge in [-0.1, -0.05) is 101 Å². The third-order valence-electron chi connectivity index (χ3n) is 24.2. The van der Waals surface area contributed by atoms with E-state index >= 15 is 0 Å². The quantitative estimate of drug-likeness (QED) is 0.175. The lowest BCUT2D eigenvalue weighted by molar-refractivity contribution is -0.367. The lowest BCUT2D eigenvalue weighted by atomic mass is 9.15. The fraction of sp³-hybridized carbons (Fsp3) is 0.694. The van der Waals surface area contributed by atoms with Gasteiger partial charge in [0, 0.05) is 48.0 Å². The third-order valence-corrected chi connectivity index (χ3v) is 24.2. The van der Waals surface area contributed by atoms with Crippen LogP contribution in [0.3, 0.4) is 0 Å². The van der Waals surface area contributed by atoms with Crippen molar-refractivity contribution >= 4 is 16.7 Å². The summed E-state index contributed by atoms with van der Waals surface area (Å²) in [6.45, 7) is 12.9. The van der Waals surface area contributed by atoms with Crippen molar-refractivity contribution in [2.24, 2.45) is 67.5 Å². The molecule has 7 fully saturated rings. The van der Waals surface area contributed by atoms with Gasteiger partial charge in [0.15, 0.2) is 5.79 Å². The number of benzene rings is 3. The molecule has 1 saturated heterocycles. The first kappa shape index (κ1) is 44.7. The predicted octanol–water partition coefficient (Wildman–Crippen LogP) is 12.1. The molecule has 7 bridgehead atoms. The van der Waals surface area contributed by atoms with Crippen LogP contribution in [0.1, 0.15) is 171 Å². The van der Waals surface area contributed by atoms with Crippen molar-refractivity contribution in [1.82, 2.24) is 0 Å². The zero-order valence-corrected chi connectivity index (χ0v) is 42.0. The van der Waals surface area contributed by atoms with Gasteiger partial charge in [0.25, 0.3) is 0 Å². The van der Waals surface area contributed by atoms with E-state index in [2.05, 4.69) is 101 Å². The Balaban J connectivity index is 1.12. The van der Waals surface area contributed by atoms with Crippen LogP contribution < -0.4 is 0 Å². The van der Waals surface area contributed by atoms with E-state index in [1.165, 1.54) is 39.4 Å². The fourth-order valence-electron chi connectivity index (χ4n) is 22.2. The number of carbonyl (C=O) groups is 1. The molecule has 68 heavy (non-hydrogen) atoms. The monoisotopic (exact) mass is 919 g/mol. The fourth-order valence-corrected chi connectivity index (χ4v) is 22.2. The largest absolute Gasteiger partial charge is 0.481 e. The lowest BCUT2D eigenvalue weighted by Crippen LogP contribution is -2.85. The van der Waals surface area contributed by atoms with Gasteiger partial charge in [-0.3, -0.25) is 4.79 Å². The first-order chi connectivity index (χ1) is 32.6. The number of aliphatic hydroxyl groups is 2. The van der Waals surface area contributed by atoms with Crippen LogP contribution in [0.25, 0.3) is 10.8 Å². The summed E-state index contributed by atoms with van der Waals surface area (Å²) >= 11 is 0. The van der Waals surface area contributed by atoms with Gasteiger partial charge < -0.3 is 24.8 Å². The highest BCUT2D eigenvalue weighted by Crippen LogP contribution is 2.93. The van der Waals surface area contributed by atoms with E-state index in [0.29, 0.717) is 18.9 Å². The number of carboxylic acids is 1. The average molecular weight is 919 g/mol. The first-order valence-corrected chi connectivity index (χ1v) is 27.5. The smallest absolute Gasteiger partial charge is 0.309 e. The molecule has 362 valence electrons. The number of aliphatic hydroxyl groups excluding tert-OH is 1. The Bertz CT molecular complexity index is 2660. The van der Waals surface area contributed by atoms with Gasteiger partial charge in [-0.05, 0) is 187 Å². The molecular weight excluding hydrogens is 841 g/mol. The minimum absolute atomic E-state index is 0.0119. The molecule has 0 radical (unpaired) electrons. The second-order valence-electron chi connectivity index (χ2n) is 26.2. The number of hydrogen-bond acceptors (Lipinski definition) is 5.